The van der Waals surface area contributed by atoms with Crippen molar-refractivity contribution in [2.45, 2.75) is 13.0 Å². The number of aromatic nitrogens is 1. The quantitative estimate of drug-likeness (QED) is 0.615. The van der Waals surface area contributed by atoms with Gasteiger partial charge in [0.05, 0.1) is 25.3 Å². The summed E-state index contributed by atoms with van der Waals surface area (Å²) in [4.78, 5) is 21.5. The molecule has 1 saturated heterocycles. The molecule has 0 saturated carbocycles. The maximum atomic E-state index is 12.8. The van der Waals surface area contributed by atoms with E-state index in [0.717, 1.165) is 48.1 Å². The molecule has 0 radical (unpaired) electrons. The maximum Gasteiger partial charge on any atom is 0.228 e. The Balaban J connectivity index is 1.41. The third-order valence-electron chi connectivity index (χ3n) is 4.83. The molecular formula is C21H23N3O2S2. The molecule has 1 aliphatic rings. The van der Waals surface area contributed by atoms with Gasteiger partial charge in [-0.05, 0) is 23.1 Å². The van der Waals surface area contributed by atoms with Crippen LogP contribution in [0.25, 0.3) is 10.6 Å². The zero-order chi connectivity index (χ0) is 19.3. The van der Waals surface area contributed by atoms with Crippen molar-refractivity contribution in [3.63, 3.8) is 0 Å². The molecule has 4 rings (SSSR count). The first-order valence-corrected chi connectivity index (χ1v) is 11.1. The van der Waals surface area contributed by atoms with Crippen molar-refractivity contribution in [2.24, 2.45) is 0 Å². The second-order valence-electron chi connectivity index (χ2n) is 6.81. The normalized spacial score (nSPS) is 14.2. The number of thiophene rings is 1. The van der Waals surface area contributed by atoms with Crippen LogP contribution in [-0.2, 0) is 22.5 Å². The van der Waals surface area contributed by atoms with Gasteiger partial charge in [-0.15, -0.1) is 11.3 Å². The van der Waals surface area contributed by atoms with Gasteiger partial charge in [0, 0.05) is 48.7 Å². The van der Waals surface area contributed by atoms with Crippen molar-refractivity contribution in [2.75, 3.05) is 38.3 Å². The minimum Gasteiger partial charge on any atom is -0.378 e. The third-order valence-corrected chi connectivity index (χ3v) is 6.45. The van der Waals surface area contributed by atoms with E-state index in [0.29, 0.717) is 13.0 Å². The number of hydrogen-bond acceptors (Lipinski definition) is 6. The molecule has 1 aromatic carbocycles. The molecule has 3 heterocycles. The Bertz CT molecular complexity index is 917. The summed E-state index contributed by atoms with van der Waals surface area (Å²) in [6.07, 6.45) is 0.330. The molecule has 5 nitrogen and oxygen atoms in total. The van der Waals surface area contributed by atoms with E-state index in [9.17, 15) is 4.79 Å². The van der Waals surface area contributed by atoms with Gasteiger partial charge >= 0.3 is 0 Å². The molecule has 1 aliphatic heterocycles. The van der Waals surface area contributed by atoms with Gasteiger partial charge in [-0.25, -0.2) is 4.98 Å². The first-order chi connectivity index (χ1) is 13.7. The summed E-state index contributed by atoms with van der Waals surface area (Å²) < 4.78 is 5.46. The molecule has 2 aromatic heterocycles. The van der Waals surface area contributed by atoms with Crippen molar-refractivity contribution in [3.05, 3.63) is 57.7 Å². The van der Waals surface area contributed by atoms with Gasteiger partial charge in [0.25, 0.3) is 0 Å². The molecule has 0 unspecified atom stereocenters. The number of carbonyl (C=O) groups is 1. The van der Waals surface area contributed by atoms with Crippen molar-refractivity contribution in [1.82, 2.24) is 9.88 Å². The number of para-hydroxylation sites is 1. The zero-order valence-electron chi connectivity index (χ0n) is 15.8. The van der Waals surface area contributed by atoms with Crippen LogP contribution in [0.15, 0.2) is 46.5 Å². The van der Waals surface area contributed by atoms with Gasteiger partial charge in [-0.1, -0.05) is 18.2 Å². The second-order valence-corrected chi connectivity index (χ2v) is 8.45. The number of amides is 1. The lowest BCUT2D eigenvalue weighted by Gasteiger charge is -2.31. The fourth-order valence-electron chi connectivity index (χ4n) is 3.30. The van der Waals surface area contributed by atoms with Crippen molar-refractivity contribution >= 4 is 34.3 Å². The summed E-state index contributed by atoms with van der Waals surface area (Å²) in [6, 6.07) is 10.4. The Kier molecular flexibility index (Phi) is 6.04. The number of nitrogens with zero attached hydrogens (tertiary/aromatic N) is 3. The van der Waals surface area contributed by atoms with Crippen LogP contribution in [0.5, 0.6) is 0 Å². The van der Waals surface area contributed by atoms with Crippen LogP contribution in [0.2, 0.25) is 0 Å². The highest BCUT2D eigenvalue weighted by Gasteiger charge is 2.18. The highest BCUT2D eigenvalue weighted by atomic mass is 32.1. The Morgan fingerprint density at radius 2 is 2.04 bits per heavy atom. The lowest BCUT2D eigenvalue weighted by atomic mass is 10.1. The topological polar surface area (TPSA) is 45.7 Å². The molecule has 0 bridgehead atoms. The van der Waals surface area contributed by atoms with Gasteiger partial charge in [-0.3, -0.25) is 4.79 Å². The van der Waals surface area contributed by atoms with Crippen LogP contribution >= 0.6 is 22.7 Å². The van der Waals surface area contributed by atoms with E-state index in [4.69, 9.17) is 4.74 Å². The Labute approximate surface area is 173 Å². The van der Waals surface area contributed by atoms with E-state index >= 15 is 0 Å². The number of hydrogen-bond donors (Lipinski definition) is 0. The molecule has 0 N–H and O–H groups in total. The highest BCUT2D eigenvalue weighted by molar-refractivity contribution is 7.14. The van der Waals surface area contributed by atoms with E-state index in [-0.39, 0.29) is 5.91 Å². The monoisotopic (exact) mass is 413 g/mol. The molecule has 0 atom stereocenters. The van der Waals surface area contributed by atoms with Crippen molar-refractivity contribution in [3.8, 4) is 10.6 Å². The second kappa shape index (κ2) is 8.86. The van der Waals surface area contributed by atoms with E-state index in [1.807, 2.05) is 23.9 Å². The van der Waals surface area contributed by atoms with Gasteiger partial charge < -0.3 is 14.5 Å². The van der Waals surface area contributed by atoms with E-state index < -0.39 is 0 Å². The van der Waals surface area contributed by atoms with E-state index in [1.165, 1.54) is 5.69 Å². The minimum absolute atomic E-state index is 0.0824. The molecule has 28 heavy (non-hydrogen) atoms. The fourth-order valence-corrected chi connectivity index (χ4v) is 4.83. The van der Waals surface area contributed by atoms with Gasteiger partial charge in [0.1, 0.15) is 5.01 Å². The largest absolute Gasteiger partial charge is 0.378 e. The third kappa shape index (κ3) is 4.43. The summed E-state index contributed by atoms with van der Waals surface area (Å²) >= 11 is 3.25. The molecule has 0 aliphatic carbocycles. The van der Waals surface area contributed by atoms with Crippen LogP contribution in [-0.4, -0.2) is 49.1 Å². The summed E-state index contributed by atoms with van der Waals surface area (Å²) in [5.74, 6) is 0.0824. The lowest BCUT2D eigenvalue weighted by Crippen LogP contribution is -2.37. The number of likely N-dealkylation sites (N-methyl/N-ethyl adjacent to an activating group) is 1. The lowest BCUT2D eigenvalue weighted by molar-refractivity contribution is -0.129. The van der Waals surface area contributed by atoms with Gasteiger partial charge in [0.15, 0.2) is 0 Å². The number of carbonyl (C=O) groups excluding carboxylic acids is 1. The SMILES string of the molecule is CN(Cc1ccccc1N1CCOCC1)C(=O)Cc1csc(-c2ccsc2)n1. The summed E-state index contributed by atoms with van der Waals surface area (Å²) in [5.41, 5.74) is 4.32. The first kappa shape index (κ1) is 19.1. The maximum absolute atomic E-state index is 12.8. The Morgan fingerprint density at radius 3 is 2.82 bits per heavy atom. The minimum atomic E-state index is 0.0824. The molecule has 146 valence electrons. The summed E-state index contributed by atoms with van der Waals surface area (Å²) in [7, 11) is 1.87. The number of thiazole rings is 1. The van der Waals surface area contributed by atoms with Gasteiger partial charge in [0.2, 0.25) is 5.91 Å². The number of morpholine rings is 1. The smallest absolute Gasteiger partial charge is 0.228 e. The van der Waals surface area contributed by atoms with Crippen LogP contribution in [0, 0.1) is 0 Å². The van der Waals surface area contributed by atoms with Gasteiger partial charge in [-0.2, -0.15) is 11.3 Å². The highest BCUT2D eigenvalue weighted by Crippen LogP contribution is 2.26. The Hall–Kier alpha value is -2.22. The average Bonchev–Trinajstić information content (AvgIpc) is 3.41. The van der Waals surface area contributed by atoms with Crippen LogP contribution in [0.4, 0.5) is 5.69 Å². The van der Waals surface area contributed by atoms with Crippen LogP contribution in [0.3, 0.4) is 0 Å². The predicted molar refractivity (Wildman–Crippen MR) is 115 cm³/mol. The Morgan fingerprint density at radius 1 is 1.21 bits per heavy atom. The summed E-state index contributed by atoms with van der Waals surface area (Å²) in [5, 5.41) is 7.09. The van der Waals surface area contributed by atoms with Crippen LogP contribution in [0.1, 0.15) is 11.3 Å². The standard InChI is InChI=1S/C21H23N3O2S2/c1-23(13-16-4-2-3-5-19(16)24-7-9-26-10-8-24)20(25)12-18-15-28-21(22-18)17-6-11-27-14-17/h2-6,11,14-15H,7-10,12-13H2,1H3. The van der Waals surface area contributed by atoms with E-state index in [2.05, 4.69) is 39.5 Å². The molecule has 0 spiro atoms. The molecule has 1 amide bonds. The number of rotatable bonds is 6. The molecule has 7 heteroatoms. The predicted octanol–water partition coefficient (Wildman–Crippen LogP) is 3.91. The van der Waals surface area contributed by atoms with Crippen molar-refractivity contribution < 1.29 is 9.53 Å². The number of benzene rings is 1. The fraction of sp³-hybridized carbons (Fsp3) is 0.333. The zero-order valence-corrected chi connectivity index (χ0v) is 17.5. The molecule has 1 fully saturated rings. The summed E-state index contributed by atoms with van der Waals surface area (Å²) in [6.45, 7) is 3.87. The molecular weight excluding hydrogens is 390 g/mol. The number of ether oxygens (including phenoxy) is 1. The first-order valence-electron chi connectivity index (χ1n) is 9.32. The van der Waals surface area contributed by atoms with E-state index in [1.54, 1.807) is 27.6 Å². The molecule has 3 aromatic rings. The average molecular weight is 414 g/mol. The number of anilines is 1. The van der Waals surface area contributed by atoms with Crippen LogP contribution < -0.4 is 4.90 Å². The van der Waals surface area contributed by atoms with Crippen molar-refractivity contribution in [1.29, 1.82) is 0 Å².